The molecule has 0 bridgehead atoms. The summed E-state index contributed by atoms with van der Waals surface area (Å²) in [6, 6.07) is 2.08. The number of nitrogens with zero attached hydrogens (tertiary/aromatic N) is 6. The molecule has 0 unspecified atom stereocenters. The Labute approximate surface area is 165 Å². The summed E-state index contributed by atoms with van der Waals surface area (Å²) in [7, 11) is 0. The molecule has 1 fully saturated rings. The molecular weight excluding hydrogens is 376 g/mol. The maximum Gasteiger partial charge on any atom is 0.180 e. The Bertz CT molecular complexity index is 1080. The number of aryl methyl sites for hydroxylation is 1. The number of H-pyrrole nitrogens is 1. The molecule has 5 rings (SSSR count). The van der Waals surface area contributed by atoms with E-state index in [4.69, 9.17) is 4.74 Å². The summed E-state index contributed by atoms with van der Waals surface area (Å²) in [6.45, 7) is 6.29. The molecule has 0 amide bonds. The second kappa shape index (κ2) is 7.30. The Morgan fingerprint density at radius 1 is 1.29 bits per heavy atom. The molecule has 0 radical (unpaired) electrons. The fraction of sp³-hybridized carbons (Fsp3) is 0.333. The average molecular weight is 396 g/mol. The maximum atomic E-state index is 5.41. The van der Waals surface area contributed by atoms with Crippen LogP contribution < -0.4 is 5.32 Å². The molecule has 9 nitrogen and oxygen atoms in total. The van der Waals surface area contributed by atoms with Gasteiger partial charge in [-0.05, 0) is 24.5 Å². The van der Waals surface area contributed by atoms with Crippen molar-refractivity contribution in [3.63, 3.8) is 0 Å². The van der Waals surface area contributed by atoms with Crippen molar-refractivity contribution in [3.8, 4) is 11.3 Å². The van der Waals surface area contributed by atoms with Crippen LogP contribution in [0.25, 0.3) is 16.9 Å². The highest BCUT2D eigenvalue weighted by molar-refractivity contribution is 7.10. The van der Waals surface area contributed by atoms with Crippen LogP contribution in [0.2, 0.25) is 0 Å². The van der Waals surface area contributed by atoms with Crippen molar-refractivity contribution in [2.45, 2.75) is 13.5 Å². The first kappa shape index (κ1) is 17.3. The molecule has 0 spiro atoms. The van der Waals surface area contributed by atoms with Crippen molar-refractivity contribution < 1.29 is 4.74 Å². The molecule has 1 aliphatic rings. The predicted molar refractivity (Wildman–Crippen MR) is 107 cm³/mol. The molecule has 1 saturated heterocycles. The number of fused-ring (bicyclic) bond motifs is 1. The Morgan fingerprint density at radius 3 is 3.00 bits per heavy atom. The Morgan fingerprint density at radius 2 is 2.18 bits per heavy atom. The van der Waals surface area contributed by atoms with Gasteiger partial charge in [-0.15, -0.1) is 0 Å². The second-order valence-corrected chi connectivity index (χ2v) is 7.56. The van der Waals surface area contributed by atoms with Crippen LogP contribution >= 0.6 is 11.5 Å². The van der Waals surface area contributed by atoms with Crippen molar-refractivity contribution >= 4 is 28.0 Å². The smallest absolute Gasteiger partial charge is 0.180 e. The average Bonchev–Trinajstić information content (AvgIpc) is 3.43. The molecule has 0 aromatic carbocycles. The predicted octanol–water partition coefficient (Wildman–Crippen LogP) is 2.46. The molecule has 28 heavy (non-hydrogen) atoms. The summed E-state index contributed by atoms with van der Waals surface area (Å²) in [5, 5.41) is 11.2. The Balaban J connectivity index is 1.41. The highest BCUT2D eigenvalue weighted by atomic mass is 32.1. The first-order valence-electron chi connectivity index (χ1n) is 9.13. The zero-order valence-electron chi connectivity index (χ0n) is 15.4. The van der Waals surface area contributed by atoms with Gasteiger partial charge in [0.15, 0.2) is 11.5 Å². The minimum absolute atomic E-state index is 0.719. The van der Waals surface area contributed by atoms with Gasteiger partial charge in [0.1, 0.15) is 5.00 Å². The van der Waals surface area contributed by atoms with Crippen LogP contribution in [-0.4, -0.2) is 60.1 Å². The SMILES string of the molecule is Cc1cn2c(-c3cn[nH]c3)cnc2c(Nc2cc(CN3CCOCC3)ns2)n1. The van der Waals surface area contributed by atoms with Crippen LogP contribution in [0.3, 0.4) is 0 Å². The third-order valence-corrected chi connectivity index (χ3v) is 5.44. The van der Waals surface area contributed by atoms with Crippen LogP contribution in [0, 0.1) is 6.92 Å². The molecule has 2 N–H and O–H groups in total. The van der Waals surface area contributed by atoms with Gasteiger partial charge >= 0.3 is 0 Å². The van der Waals surface area contributed by atoms with Crippen molar-refractivity contribution in [2.75, 3.05) is 31.6 Å². The van der Waals surface area contributed by atoms with Crippen LogP contribution in [-0.2, 0) is 11.3 Å². The summed E-state index contributed by atoms with van der Waals surface area (Å²) in [5.41, 5.74) is 4.67. The van der Waals surface area contributed by atoms with Gasteiger partial charge < -0.3 is 10.1 Å². The van der Waals surface area contributed by atoms with Crippen molar-refractivity contribution in [1.82, 2.24) is 33.8 Å². The maximum absolute atomic E-state index is 5.41. The lowest BCUT2D eigenvalue weighted by Crippen LogP contribution is -2.35. The molecule has 0 saturated carbocycles. The van der Waals surface area contributed by atoms with Crippen LogP contribution in [0.4, 0.5) is 10.8 Å². The fourth-order valence-electron chi connectivity index (χ4n) is 3.35. The molecule has 1 aliphatic heterocycles. The lowest BCUT2D eigenvalue weighted by atomic mass is 10.3. The van der Waals surface area contributed by atoms with E-state index in [2.05, 4.69) is 40.8 Å². The van der Waals surface area contributed by atoms with Crippen molar-refractivity contribution in [3.05, 3.63) is 42.2 Å². The highest BCUT2D eigenvalue weighted by Crippen LogP contribution is 2.27. The van der Waals surface area contributed by atoms with Gasteiger partial charge in [-0.1, -0.05) is 0 Å². The highest BCUT2D eigenvalue weighted by Gasteiger charge is 2.15. The molecule has 10 heteroatoms. The monoisotopic (exact) mass is 396 g/mol. The number of aromatic nitrogens is 6. The summed E-state index contributed by atoms with van der Waals surface area (Å²) in [5.74, 6) is 0.719. The number of imidazole rings is 1. The Hall–Kier alpha value is -2.82. The quantitative estimate of drug-likeness (QED) is 0.535. The van der Waals surface area contributed by atoms with E-state index in [-0.39, 0.29) is 0 Å². The number of hydrogen-bond donors (Lipinski definition) is 2. The van der Waals surface area contributed by atoms with Gasteiger partial charge in [0.25, 0.3) is 0 Å². The van der Waals surface area contributed by atoms with E-state index in [9.17, 15) is 0 Å². The Kier molecular flexibility index (Phi) is 4.51. The summed E-state index contributed by atoms with van der Waals surface area (Å²) in [4.78, 5) is 11.6. The van der Waals surface area contributed by atoms with Gasteiger partial charge in [0, 0.05) is 37.6 Å². The van der Waals surface area contributed by atoms with Crippen molar-refractivity contribution in [2.24, 2.45) is 0 Å². The lowest BCUT2D eigenvalue weighted by molar-refractivity contribution is 0.0338. The standard InChI is InChI=1S/C18H20N8OS/c1-12-10-26-15(13-7-20-21-8-13)9-19-18(26)17(22-12)23-16-6-14(24-28-16)11-25-2-4-27-5-3-25/h6-10H,2-5,11H2,1H3,(H,20,21)(H,22,23). The van der Waals surface area contributed by atoms with Crippen LogP contribution in [0.5, 0.6) is 0 Å². The van der Waals surface area contributed by atoms with Gasteiger partial charge in [0.05, 0.1) is 42.7 Å². The van der Waals surface area contributed by atoms with Gasteiger partial charge in [-0.3, -0.25) is 14.4 Å². The zero-order valence-corrected chi connectivity index (χ0v) is 16.2. The van der Waals surface area contributed by atoms with Crippen molar-refractivity contribution in [1.29, 1.82) is 0 Å². The molecule has 0 aliphatic carbocycles. The van der Waals surface area contributed by atoms with E-state index in [1.807, 2.05) is 29.9 Å². The summed E-state index contributed by atoms with van der Waals surface area (Å²) < 4.78 is 12.0. The largest absolute Gasteiger partial charge is 0.379 e. The molecule has 0 atom stereocenters. The molecule has 5 heterocycles. The van der Waals surface area contributed by atoms with E-state index < -0.39 is 0 Å². The number of hydrogen-bond acceptors (Lipinski definition) is 8. The van der Waals surface area contributed by atoms with Crippen LogP contribution in [0.15, 0.2) is 30.9 Å². The fourth-order valence-corrected chi connectivity index (χ4v) is 4.00. The minimum atomic E-state index is 0.719. The normalized spacial score (nSPS) is 15.3. The molecular formula is C18H20N8OS. The van der Waals surface area contributed by atoms with E-state index in [0.29, 0.717) is 0 Å². The lowest BCUT2D eigenvalue weighted by Gasteiger charge is -2.25. The van der Waals surface area contributed by atoms with Gasteiger partial charge in [-0.25, -0.2) is 9.97 Å². The number of nitrogens with one attached hydrogen (secondary N) is 2. The van der Waals surface area contributed by atoms with Gasteiger partial charge in [-0.2, -0.15) is 9.47 Å². The number of ether oxygens (including phenoxy) is 1. The minimum Gasteiger partial charge on any atom is -0.379 e. The molecule has 144 valence electrons. The second-order valence-electron chi connectivity index (χ2n) is 6.75. The topological polar surface area (TPSA) is 96.3 Å². The van der Waals surface area contributed by atoms with Crippen LogP contribution in [0.1, 0.15) is 11.4 Å². The summed E-state index contributed by atoms with van der Waals surface area (Å²) in [6.07, 6.45) is 7.45. The van der Waals surface area contributed by atoms with E-state index in [0.717, 1.165) is 72.0 Å². The zero-order chi connectivity index (χ0) is 18.9. The summed E-state index contributed by atoms with van der Waals surface area (Å²) >= 11 is 1.44. The van der Waals surface area contributed by atoms with E-state index in [1.165, 1.54) is 11.5 Å². The molecule has 4 aromatic heterocycles. The number of morpholine rings is 1. The number of anilines is 2. The number of rotatable bonds is 5. The van der Waals surface area contributed by atoms with E-state index in [1.54, 1.807) is 6.20 Å². The van der Waals surface area contributed by atoms with E-state index >= 15 is 0 Å². The van der Waals surface area contributed by atoms with Gasteiger partial charge in [0.2, 0.25) is 0 Å². The third kappa shape index (κ3) is 3.37. The number of aromatic amines is 1. The molecule has 4 aromatic rings. The third-order valence-electron chi connectivity index (χ3n) is 4.70. The first-order valence-corrected chi connectivity index (χ1v) is 9.90. The first-order chi connectivity index (χ1) is 13.8.